The van der Waals surface area contributed by atoms with Gasteiger partial charge in [-0.15, -0.1) is 0 Å². The highest BCUT2D eigenvalue weighted by atomic mass is 35.5. The predicted octanol–water partition coefficient (Wildman–Crippen LogP) is 2.85. The zero-order valence-electron chi connectivity index (χ0n) is 15.3. The molecule has 1 fully saturated rings. The summed E-state index contributed by atoms with van der Waals surface area (Å²) in [7, 11) is 0. The molecule has 1 amide bonds. The van der Waals surface area contributed by atoms with E-state index in [9.17, 15) is 4.79 Å². The van der Waals surface area contributed by atoms with Gasteiger partial charge in [0.25, 0.3) is 0 Å². The number of aryl methyl sites for hydroxylation is 1. The standard InChI is InChI=1S/C20H21ClN4O3/c21-20-17(6-3-9-22-20)28-13-14-12-25(10-11-27-14)19(26)8-7-18-23-15-4-1-2-5-16(15)24-18/h1-6,9,14H,7-8,10-13H2,(H,23,24). The SMILES string of the molecule is O=C(CCc1nc2ccccc2[nH]1)N1CCOC(COc2cccnc2Cl)C1. The van der Waals surface area contributed by atoms with E-state index in [0.29, 0.717) is 50.0 Å². The normalized spacial score (nSPS) is 17.0. The average molecular weight is 401 g/mol. The van der Waals surface area contributed by atoms with E-state index in [1.165, 1.54) is 0 Å². The van der Waals surface area contributed by atoms with Crippen molar-refractivity contribution in [1.29, 1.82) is 0 Å². The van der Waals surface area contributed by atoms with Crippen LogP contribution in [0.1, 0.15) is 12.2 Å². The van der Waals surface area contributed by atoms with Crippen LogP contribution >= 0.6 is 11.6 Å². The highest BCUT2D eigenvalue weighted by molar-refractivity contribution is 6.30. The van der Waals surface area contributed by atoms with Crippen LogP contribution in [0.4, 0.5) is 0 Å². The highest BCUT2D eigenvalue weighted by Crippen LogP contribution is 2.21. The smallest absolute Gasteiger partial charge is 0.223 e. The topological polar surface area (TPSA) is 80.3 Å². The molecule has 0 aliphatic carbocycles. The molecule has 1 saturated heterocycles. The lowest BCUT2D eigenvalue weighted by Crippen LogP contribution is -2.47. The number of hydrogen-bond acceptors (Lipinski definition) is 5. The molecule has 3 heterocycles. The quantitative estimate of drug-likeness (QED) is 0.643. The fourth-order valence-corrected chi connectivity index (χ4v) is 3.39. The van der Waals surface area contributed by atoms with E-state index in [2.05, 4.69) is 15.0 Å². The molecular formula is C20H21ClN4O3. The summed E-state index contributed by atoms with van der Waals surface area (Å²) in [5.41, 5.74) is 1.91. The minimum atomic E-state index is -0.194. The lowest BCUT2D eigenvalue weighted by atomic mass is 10.2. The van der Waals surface area contributed by atoms with E-state index >= 15 is 0 Å². The van der Waals surface area contributed by atoms with Gasteiger partial charge in [0.2, 0.25) is 5.91 Å². The van der Waals surface area contributed by atoms with Gasteiger partial charge in [-0.2, -0.15) is 0 Å². The lowest BCUT2D eigenvalue weighted by molar-refractivity contribution is -0.139. The molecule has 1 aliphatic heterocycles. The van der Waals surface area contributed by atoms with Crippen molar-refractivity contribution in [3.8, 4) is 5.75 Å². The van der Waals surface area contributed by atoms with Crippen LogP contribution in [-0.4, -0.2) is 58.2 Å². The summed E-state index contributed by atoms with van der Waals surface area (Å²) >= 11 is 6.00. The zero-order chi connectivity index (χ0) is 19.3. The fourth-order valence-electron chi connectivity index (χ4n) is 3.22. The maximum atomic E-state index is 12.6. The Morgan fingerprint density at radius 2 is 2.21 bits per heavy atom. The molecule has 1 N–H and O–H groups in total. The number of para-hydroxylation sites is 2. The first-order valence-electron chi connectivity index (χ1n) is 9.25. The molecule has 0 bridgehead atoms. The number of nitrogens with zero attached hydrogens (tertiary/aromatic N) is 3. The number of imidazole rings is 1. The Hall–Kier alpha value is -2.64. The molecule has 3 aromatic rings. The Labute approximate surface area is 167 Å². The molecule has 1 aliphatic rings. The van der Waals surface area contributed by atoms with Crippen molar-refractivity contribution in [2.45, 2.75) is 18.9 Å². The summed E-state index contributed by atoms with van der Waals surface area (Å²) in [6.07, 6.45) is 2.40. The largest absolute Gasteiger partial charge is 0.488 e. The van der Waals surface area contributed by atoms with Crippen LogP contribution in [0.2, 0.25) is 5.15 Å². The number of hydrogen-bond donors (Lipinski definition) is 1. The number of H-pyrrole nitrogens is 1. The van der Waals surface area contributed by atoms with Gasteiger partial charge >= 0.3 is 0 Å². The number of amides is 1. The monoisotopic (exact) mass is 400 g/mol. The van der Waals surface area contributed by atoms with Crippen molar-refractivity contribution in [1.82, 2.24) is 19.9 Å². The van der Waals surface area contributed by atoms with Crippen molar-refractivity contribution in [2.24, 2.45) is 0 Å². The van der Waals surface area contributed by atoms with E-state index in [-0.39, 0.29) is 12.0 Å². The van der Waals surface area contributed by atoms with Crippen LogP contribution < -0.4 is 4.74 Å². The molecule has 1 atom stereocenters. The second-order valence-corrected chi connectivity index (χ2v) is 6.99. The van der Waals surface area contributed by atoms with Crippen molar-refractivity contribution >= 4 is 28.5 Å². The minimum Gasteiger partial charge on any atom is -0.488 e. The molecule has 1 aromatic carbocycles. The van der Waals surface area contributed by atoms with Crippen LogP contribution in [0.25, 0.3) is 11.0 Å². The first-order chi connectivity index (χ1) is 13.7. The van der Waals surface area contributed by atoms with Gasteiger partial charge in [0.1, 0.15) is 18.5 Å². The van der Waals surface area contributed by atoms with Crippen LogP contribution in [0, 0.1) is 0 Å². The summed E-state index contributed by atoms with van der Waals surface area (Å²) in [5.74, 6) is 1.43. The number of aromatic nitrogens is 3. The van der Waals surface area contributed by atoms with Crippen LogP contribution in [0.3, 0.4) is 0 Å². The Morgan fingerprint density at radius 3 is 3.07 bits per heavy atom. The molecule has 4 rings (SSSR count). The summed E-state index contributed by atoms with van der Waals surface area (Å²) in [5, 5.41) is 0.317. The number of carbonyl (C=O) groups is 1. The number of morpholine rings is 1. The highest BCUT2D eigenvalue weighted by Gasteiger charge is 2.25. The molecule has 146 valence electrons. The number of aromatic amines is 1. The number of halogens is 1. The van der Waals surface area contributed by atoms with E-state index in [0.717, 1.165) is 16.9 Å². The molecule has 7 nitrogen and oxygen atoms in total. The molecule has 0 radical (unpaired) electrons. The molecule has 2 aromatic heterocycles. The molecule has 28 heavy (non-hydrogen) atoms. The fraction of sp³-hybridized carbons (Fsp3) is 0.350. The van der Waals surface area contributed by atoms with E-state index in [1.807, 2.05) is 29.2 Å². The van der Waals surface area contributed by atoms with Crippen LogP contribution in [0.5, 0.6) is 5.75 Å². The van der Waals surface area contributed by atoms with Crippen molar-refractivity contribution < 1.29 is 14.3 Å². The van der Waals surface area contributed by atoms with Gasteiger partial charge in [-0.3, -0.25) is 4.79 Å². The minimum absolute atomic E-state index is 0.0909. The van der Waals surface area contributed by atoms with Crippen LogP contribution in [0.15, 0.2) is 42.6 Å². The van der Waals surface area contributed by atoms with Crippen molar-refractivity contribution in [3.05, 3.63) is 53.6 Å². The van der Waals surface area contributed by atoms with Crippen molar-refractivity contribution in [3.63, 3.8) is 0 Å². The van der Waals surface area contributed by atoms with E-state index in [1.54, 1.807) is 18.3 Å². The number of rotatable bonds is 6. The maximum Gasteiger partial charge on any atom is 0.223 e. The summed E-state index contributed by atoms with van der Waals surface area (Å²) < 4.78 is 11.4. The number of ether oxygens (including phenoxy) is 2. The van der Waals surface area contributed by atoms with Gasteiger partial charge in [0, 0.05) is 25.6 Å². The first-order valence-corrected chi connectivity index (χ1v) is 9.63. The third kappa shape index (κ3) is 4.43. The summed E-state index contributed by atoms with van der Waals surface area (Å²) in [6, 6.07) is 11.4. The number of benzene rings is 1. The Balaban J connectivity index is 1.28. The maximum absolute atomic E-state index is 12.6. The summed E-state index contributed by atoms with van der Waals surface area (Å²) in [4.78, 5) is 26.2. The summed E-state index contributed by atoms with van der Waals surface area (Å²) in [6.45, 7) is 1.89. The average Bonchev–Trinajstić information content (AvgIpc) is 3.15. The second kappa shape index (κ2) is 8.58. The molecule has 8 heteroatoms. The molecule has 0 saturated carbocycles. The van der Waals surface area contributed by atoms with Gasteiger partial charge < -0.3 is 19.4 Å². The number of carbonyl (C=O) groups excluding carboxylic acids is 1. The number of pyridine rings is 1. The van der Waals surface area contributed by atoms with E-state index < -0.39 is 0 Å². The van der Waals surface area contributed by atoms with Gasteiger partial charge in [0.05, 0.1) is 24.2 Å². The Bertz CT molecular complexity index is 928. The van der Waals surface area contributed by atoms with Gasteiger partial charge in [-0.25, -0.2) is 9.97 Å². The van der Waals surface area contributed by atoms with Gasteiger partial charge in [-0.1, -0.05) is 23.7 Å². The van der Waals surface area contributed by atoms with Crippen LogP contribution in [-0.2, 0) is 16.0 Å². The number of nitrogens with one attached hydrogen (secondary N) is 1. The molecular weight excluding hydrogens is 380 g/mol. The van der Waals surface area contributed by atoms with Gasteiger partial charge in [0.15, 0.2) is 10.9 Å². The Morgan fingerprint density at radius 1 is 1.32 bits per heavy atom. The predicted molar refractivity (Wildman–Crippen MR) is 105 cm³/mol. The van der Waals surface area contributed by atoms with Gasteiger partial charge in [-0.05, 0) is 24.3 Å². The second-order valence-electron chi connectivity index (χ2n) is 6.64. The van der Waals surface area contributed by atoms with E-state index in [4.69, 9.17) is 21.1 Å². The molecule has 0 spiro atoms. The van der Waals surface area contributed by atoms with Crippen molar-refractivity contribution in [2.75, 3.05) is 26.3 Å². The third-order valence-electron chi connectivity index (χ3n) is 4.66. The molecule has 1 unspecified atom stereocenters. The lowest BCUT2D eigenvalue weighted by Gasteiger charge is -2.32. The first kappa shape index (κ1) is 18.7. The zero-order valence-corrected chi connectivity index (χ0v) is 16.1. The third-order valence-corrected chi connectivity index (χ3v) is 4.94. The number of fused-ring (bicyclic) bond motifs is 1. The Kier molecular flexibility index (Phi) is 5.73.